The number of nitrogens with one attached hydrogen (secondary N) is 1. The van der Waals surface area contributed by atoms with Crippen molar-refractivity contribution in [3.05, 3.63) is 35.5 Å². The molecular formula is C26H32N8O7. The van der Waals surface area contributed by atoms with Gasteiger partial charge in [-0.3, -0.25) is 9.69 Å². The number of aromatic nitrogens is 6. The van der Waals surface area contributed by atoms with Crippen molar-refractivity contribution in [3.63, 3.8) is 0 Å². The molecule has 0 saturated carbocycles. The third-order valence-corrected chi connectivity index (χ3v) is 5.72. The van der Waals surface area contributed by atoms with Crippen molar-refractivity contribution in [1.82, 2.24) is 29.6 Å². The fourth-order valence-electron chi connectivity index (χ4n) is 3.99. The molecule has 2 N–H and O–H groups in total. The molecule has 0 aliphatic rings. The Morgan fingerprint density at radius 3 is 2.59 bits per heavy atom. The molecule has 1 aromatic carbocycles. The van der Waals surface area contributed by atoms with E-state index in [4.69, 9.17) is 14.2 Å². The van der Waals surface area contributed by atoms with Gasteiger partial charge in [-0.05, 0) is 45.4 Å². The smallest absolute Gasteiger partial charge is 0.415 e. The number of hydrogen-bond donors (Lipinski definition) is 2. The number of rotatable bonds is 9. The summed E-state index contributed by atoms with van der Waals surface area (Å²) in [5.41, 5.74) is 1.61. The molecule has 0 bridgehead atoms. The van der Waals surface area contributed by atoms with Gasteiger partial charge in [0.2, 0.25) is 0 Å². The number of carboxylic acids is 1. The first kappa shape index (κ1) is 29.2. The molecule has 0 spiro atoms. The Morgan fingerprint density at radius 1 is 1.20 bits per heavy atom. The number of anilines is 3. The van der Waals surface area contributed by atoms with Crippen LogP contribution in [0.1, 0.15) is 50.5 Å². The minimum Gasteiger partial charge on any atom is -0.477 e. The van der Waals surface area contributed by atoms with Crippen molar-refractivity contribution in [2.24, 2.45) is 7.05 Å². The highest BCUT2D eigenvalue weighted by molar-refractivity contribution is 5.96. The van der Waals surface area contributed by atoms with Crippen molar-refractivity contribution >= 4 is 52.0 Å². The van der Waals surface area contributed by atoms with Gasteiger partial charge < -0.3 is 24.6 Å². The molecule has 0 unspecified atom stereocenters. The number of ether oxygens (including phenoxy) is 3. The maximum Gasteiger partial charge on any atom is 0.415 e. The number of aromatic carboxylic acids is 1. The number of fused-ring (bicyclic) bond motifs is 2. The normalized spacial score (nSPS) is 12.4. The molecule has 4 aromatic rings. The summed E-state index contributed by atoms with van der Waals surface area (Å²) in [4.78, 5) is 41.7. The van der Waals surface area contributed by atoms with Crippen molar-refractivity contribution < 1.29 is 33.7 Å². The van der Waals surface area contributed by atoms with E-state index in [1.165, 1.54) is 23.4 Å². The van der Waals surface area contributed by atoms with E-state index in [9.17, 15) is 19.5 Å². The zero-order valence-electron chi connectivity index (χ0n) is 23.8. The SMILES string of the molecule is CC(=O)O[C@H](C)COCc1cc(Nc2cc(N(C)C(=O)OC(C)(C)C)n3ncc(C(=O)O)c3n2)c2nnn(C)c2c1. The number of carboxylic acid groups (broad SMARTS) is 1. The fraction of sp³-hybridized carbons (Fsp3) is 0.423. The number of aryl methyl sites for hydroxylation is 1. The molecular weight excluding hydrogens is 536 g/mol. The van der Waals surface area contributed by atoms with Crippen LogP contribution in [0.2, 0.25) is 0 Å². The number of benzene rings is 1. The van der Waals surface area contributed by atoms with E-state index in [0.717, 1.165) is 11.8 Å². The summed E-state index contributed by atoms with van der Waals surface area (Å²) in [7, 11) is 3.24. The van der Waals surface area contributed by atoms with Crippen LogP contribution in [-0.2, 0) is 32.7 Å². The first-order valence-electron chi connectivity index (χ1n) is 12.7. The summed E-state index contributed by atoms with van der Waals surface area (Å²) in [6, 6.07) is 5.21. The minimum absolute atomic E-state index is 0.0160. The predicted molar refractivity (Wildman–Crippen MR) is 147 cm³/mol. The summed E-state index contributed by atoms with van der Waals surface area (Å²) < 4.78 is 19.2. The highest BCUT2D eigenvalue weighted by Gasteiger charge is 2.25. The fourth-order valence-corrected chi connectivity index (χ4v) is 3.99. The average Bonchev–Trinajstić information content (AvgIpc) is 3.45. The van der Waals surface area contributed by atoms with Gasteiger partial charge in [-0.1, -0.05) is 5.21 Å². The Bertz CT molecular complexity index is 1620. The third kappa shape index (κ3) is 6.69. The molecule has 0 aliphatic carbocycles. The first-order valence-corrected chi connectivity index (χ1v) is 12.7. The molecule has 4 rings (SSSR count). The summed E-state index contributed by atoms with van der Waals surface area (Å²) in [6.45, 7) is 8.69. The van der Waals surface area contributed by atoms with E-state index in [-0.39, 0.29) is 42.0 Å². The number of esters is 1. The van der Waals surface area contributed by atoms with Gasteiger partial charge >= 0.3 is 18.0 Å². The zero-order valence-corrected chi connectivity index (χ0v) is 23.8. The van der Waals surface area contributed by atoms with E-state index in [1.54, 1.807) is 51.6 Å². The van der Waals surface area contributed by atoms with Gasteiger partial charge in [0, 0.05) is 27.1 Å². The lowest BCUT2D eigenvalue weighted by atomic mass is 10.1. The Balaban J connectivity index is 1.72. The molecule has 1 atom stereocenters. The second kappa shape index (κ2) is 11.4. The lowest BCUT2D eigenvalue weighted by Crippen LogP contribution is -2.35. The van der Waals surface area contributed by atoms with Crippen LogP contribution in [0.4, 0.5) is 22.1 Å². The standard InChI is InChI=1S/C26H32N8O7/c1-14(40-15(2)35)12-39-13-16-8-18(22-19(9-16)33(7)31-30-22)28-20-10-21(32(6)25(38)41-26(3,4)5)34-23(29-20)17(11-27-34)24(36)37/h8-11,14H,12-13H2,1-7H3,(H,28,29)(H,36,37)/t14-/m1/s1. The van der Waals surface area contributed by atoms with Crippen LogP contribution >= 0.6 is 0 Å². The van der Waals surface area contributed by atoms with Crippen molar-refractivity contribution in [2.45, 2.75) is 52.9 Å². The molecule has 15 heteroatoms. The Kier molecular flexibility index (Phi) is 8.10. The Hall–Kier alpha value is -4.79. The minimum atomic E-state index is -1.23. The number of carbonyl (C=O) groups is 3. The number of carbonyl (C=O) groups excluding carboxylic acids is 2. The Labute approximate surface area is 235 Å². The predicted octanol–water partition coefficient (Wildman–Crippen LogP) is 3.29. The third-order valence-electron chi connectivity index (χ3n) is 5.72. The van der Waals surface area contributed by atoms with E-state index in [2.05, 4.69) is 25.7 Å². The quantitative estimate of drug-likeness (QED) is 0.282. The molecule has 41 heavy (non-hydrogen) atoms. The van der Waals surface area contributed by atoms with Crippen LogP contribution in [-0.4, -0.2) is 78.1 Å². The molecule has 1 amide bonds. The molecule has 0 saturated heterocycles. The van der Waals surface area contributed by atoms with Gasteiger partial charge in [0.15, 0.2) is 5.65 Å². The molecule has 3 heterocycles. The largest absolute Gasteiger partial charge is 0.477 e. The number of nitrogens with zero attached hydrogens (tertiary/aromatic N) is 7. The van der Waals surface area contributed by atoms with Gasteiger partial charge in [-0.2, -0.15) is 9.61 Å². The molecule has 15 nitrogen and oxygen atoms in total. The van der Waals surface area contributed by atoms with Crippen LogP contribution in [0.15, 0.2) is 24.4 Å². The maximum atomic E-state index is 12.9. The molecule has 0 fully saturated rings. The van der Waals surface area contributed by atoms with Gasteiger partial charge in [-0.15, -0.1) is 5.10 Å². The lowest BCUT2D eigenvalue weighted by Gasteiger charge is -2.25. The molecule has 0 radical (unpaired) electrons. The zero-order chi connectivity index (χ0) is 30.1. The summed E-state index contributed by atoms with van der Waals surface area (Å²) in [6.07, 6.45) is 0.0839. The summed E-state index contributed by atoms with van der Waals surface area (Å²) in [5, 5.41) is 25.4. The maximum absolute atomic E-state index is 12.9. The van der Waals surface area contributed by atoms with Gasteiger partial charge in [0.05, 0.1) is 30.6 Å². The topological polar surface area (TPSA) is 175 Å². The molecule has 218 valence electrons. The second-order valence-corrected chi connectivity index (χ2v) is 10.4. The van der Waals surface area contributed by atoms with Crippen LogP contribution in [0, 0.1) is 0 Å². The second-order valence-electron chi connectivity index (χ2n) is 10.4. The van der Waals surface area contributed by atoms with Crippen molar-refractivity contribution in [3.8, 4) is 0 Å². The van der Waals surface area contributed by atoms with Gasteiger partial charge in [0.25, 0.3) is 0 Å². The summed E-state index contributed by atoms with van der Waals surface area (Å²) in [5.74, 6) is -1.18. The van der Waals surface area contributed by atoms with Crippen molar-refractivity contribution in [2.75, 3.05) is 23.9 Å². The molecule has 0 aliphatic heterocycles. The summed E-state index contributed by atoms with van der Waals surface area (Å²) >= 11 is 0. The monoisotopic (exact) mass is 568 g/mol. The van der Waals surface area contributed by atoms with E-state index >= 15 is 0 Å². The number of hydrogen-bond acceptors (Lipinski definition) is 11. The van der Waals surface area contributed by atoms with Crippen LogP contribution in [0.25, 0.3) is 16.7 Å². The first-order chi connectivity index (χ1) is 19.2. The molecule has 3 aromatic heterocycles. The lowest BCUT2D eigenvalue weighted by molar-refractivity contribution is -0.148. The highest BCUT2D eigenvalue weighted by Crippen LogP contribution is 2.29. The van der Waals surface area contributed by atoms with Crippen LogP contribution < -0.4 is 10.2 Å². The van der Waals surface area contributed by atoms with Crippen molar-refractivity contribution in [1.29, 1.82) is 0 Å². The van der Waals surface area contributed by atoms with Gasteiger partial charge in [0.1, 0.15) is 34.4 Å². The van der Waals surface area contributed by atoms with E-state index in [0.29, 0.717) is 16.7 Å². The van der Waals surface area contributed by atoms with Crippen LogP contribution in [0.5, 0.6) is 0 Å². The Morgan fingerprint density at radius 2 is 1.93 bits per heavy atom. The highest BCUT2D eigenvalue weighted by atomic mass is 16.6. The van der Waals surface area contributed by atoms with Crippen LogP contribution in [0.3, 0.4) is 0 Å². The van der Waals surface area contributed by atoms with E-state index < -0.39 is 23.8 Å². The number of amides is 1. The van der Waals surface area contributed by atoms with E-state index in [1.807, 2.05) is 6.07 Å². The average molecular weight is 569 g/mol. The van der Waals surface area contributed by atoms with Gasteiger partial charge in [-0.25, -0.2) is 19.3 Å².